The van der Waals surface area contributed by atoms with Gasteiger partial charge in [-0.05, 0) is 38.9 Å². The van der Waals surface area contributed by atoms with E-state index in [-0.39, 0.29) is 24.0 Å². The molecule has 1 amide bonds. The number of nitrogens with two attached hydrogens (primary N) is 1. The smallest absolute Gasteiger partial charge is 0.234 e. The van der Waals surface area contributed by atoms with E-state index < -0.39 is 0 Å². The Morgan fingerprint density at radius 1 is 1.45 bits per heavy atom. The van der Waals surface area contributed by atoms with Crippen molar-refractivity contribution in [1.29, 1.82) is 0 Å². The number of carbonyl (C=O) groups excluding carboxylic acids is 1. The number of furan rings is 1. The van der Waals surface area contributed by atoms with Crippen LogP contribution in [0.4, 0.5) is 0 Å². The SMILES string of the molecule is CCC(N)C(c1ccco1)N(CC)CC(=O)NC(C)C. The number of amides is 1. The van der Waals surface area contributed by atoms with Crippen LogP contribution in [-0.4, -0.2) is 36.0 Å². The van der Waals surface area contributed by atoms with Crippen LogP contribution < -0.4 is 11.1 Å². The van der Waals surface area contributed by atoms with Crippen molar-refractivity contribution in [1.82, 2.24) is 10.2 Å². The standard InChI is InChI=1S/C15H27N3O2/c1-5-12(16)15(13-8-7-9-20-13)18(6-2)10-14(19)17-11(3)4/h7-9,11-12,15H,5-6,10,16H2,1-4H3,(H,17,19). The monoisotopic (exact) mass is 281 g/mol. The summed E-state index contributed by atoms with van der Waals surface area (Å²) in [6, 6.07) is 3.78. The summed E-state index contributed by atoms with van der Waals surface area (Å²) in [6.07, 6.45) is 2.47. The van der Waals surface area contributed by atoms with Crippen molar-refractivity contribution in [3.63, 3.8) is 0 Å². The van der Waals surface area contributed by atoms with Gasteiger partial charge in [0.05, 0.1) is 18.8 Å². The lowest BCUT2D eigenvalue weighted by Gasteiger charge is -2.32. The molecule has 0 radical (unpaired) electrons. The van der Waals surface area contributed by atoms with Gasteiger partial charge in [0.25, 0.3) is 0 Å². The molecule has 1 aromatic heterocycles. The maximum absolute atomic E-state index is 12.0. The minimum absolute atomic E-state index is 0.0155. The number of rotatable bonds is 8. The van der Waals surface area contributed by atoms with Gasteiger partial charge in [-0.1, -0.05) is 13.8 Å². The molecule has 0 saturated heterocycles. The third kappa shape index (κ3) is 4.65. The fourth-order valence-corrected chi connectivity index (χ4v) is 2.30. The molecular formula is C15H27N3O2. The van der Waals surface area contributed by atoms with E-state index in [2.05, 4.69) is 10.2 Å². The molecule has 5 nitrogen and oxygen atoms in total. The summed E-state index contributed by atoms with van der Waals surface area (Å²) in [5.74, 6) is 0.834. The maximum atomic E-state index is 12.0. The van der Waals surface area contributed by atoms with Gasteiger partial charge in [0, 0.05) is 12.1 Å². The normalized spacial score (nSPS) is 14.6. The molecule has 0 aromatic carbocycles. The van der Waals surface area contributed by atoms with Crippen molar-refractivity contribution >= 4 is 5.91 Å². The first-order valence-corrected chi connectivity index (χ1v) is 7.31. The van der Waals surface area contributed by atoms with Gasteiger partial charge in [-0.25, -0.2) is 0 Å². The minimum atomic E-state index is -0.0714. The highest BCUT2D eigenvalue weighted by Gasteiger charge is 2.28. The van der Waals surface area contributed by atoms with Crippen molar-refractivity contribution in [3.8, 4) is 0 Å². The van der Waals surface area contributed by atoms with Crippen LogP contribution >= 0.6 is 0 Å². The Bertz CT molecular complexity index is 390. The van der Waals surface area contributed by atoms with Gasteiger partial charge in [0.1, 0.15) is 5.76 Å². The summed E-state index contributed by atoms with van der Waals surface area (Å²) in [7, 11) is 0. The first kappa shape index (κ1) is 16.7. The van der Waals surface area contributed by atoms with E-state index >= 15 is 0 Å². The molecule has 5 heteroatoms. The number of likely N-dealkylation sites (N-methyl/N-ethyl adjacent to an activating group) is 1. The Balaban J connectivity index is 2.83. The zero-order chi connectivity index (χ0) is 15.1. The lowest BCUT2D eigenvalue weighted by atomic mass is 10.0. The zero-order valence-corrected chi connectivity index (χ0v) is 12.9. The topological polar surface area (TPSA) is 71.5 Å². The second-order valence-corrected chi connectivity index (χ2v) is 5.32. The summed E-state index contributed by atoms with van der Waals surface area (Å²) >= 11 is 0. The van der Waals surface area contributed by atoms with Crippen molar-refractivity contribution in [2.45, 2.75) is 52.2 Å². The molecule has 0 spiro atoms. The van der Waals surface area contributed by atoms with Gasteiger partial charge in [0.15, 0.2) is 0 Å². The molecule has 0 fully saturated rings. The van der Waals surface area contributed by atoms with E-state index in [1.165, 1.54) is 0 Å². The van der Waals surface area contributed by atoms with Gasteiger partial charge in [-0.15, -0.1) is 0 Å². The molecule has 0 aliphatic heterocycles. The van der Waals surface area contributed by atoms with Gasteiger partial charge < -0.3 is 15.5 Å². The number of carbonyl (C=O) groups is 1. The Morgan fingerprint density at radius 2 is 2.15 bits per heavy atom. The van der Waals surface area contributed by atoms with Gasteiger partial charge >= 0.3 is 0 Å². The molecule has 0 aliphatic carbocycles. The third-order valence-electron chi connectivity index (χ3n) is 3.31. The minimum Gasteiger partial charge on any atom is -0.468 e. The van der Waals surface area contributed by atoms with Crippen molar-refractivity contribution in [3.05, 3.63) is 24.2 Å². The molecule has 1 aromatic rings. The largest absolute Gasteiger partial charge is 0.468 e. The quantitative estimate of drug-likeness (QED) is 0.763. The van der Waals surface area contributed by atoms with E-state index in [1.54, 1.807) is 6.26 Å². The highest BCUT2D eigenvalue weighted by molar-refractivity contribution is 5.78. The fourth-order valence-electron chi connectivity index (χ4n) is 2.30. The van der Waals surface area contributed by atoms with Gasteiger partial charge in [-0.3, -0.25) is 9.69 Å². The molecule has 0 bridgehead atoms. The fraction of sp³-hybridized carbons (Fsp3) is 0.667. The average Bonchev–Trinajstić information content (AvgIpc) is 2.90. The second kappa shape index (κ2) is 8.07. The molecule has 3 N–H and O–H groups in total. The van der Waals surface area contributed by atoms with Gasteiger partial charge in [0.2, 0.25) is 5.91 Å². The summed E-state index contributed by atoms with van der Waals surface area (Å²) in [5.41, 5.74) is 6.23. The van der Waals surface area contributed by atoms with Crippen molar-refractivity contribution in [2.24, 2.45) is 5.73 Å². The molecule has 114 valence electrons. The maximum Gasteiger partial charge on any atom is 0.234 e. The summed E-state index contributed by atoms with van der Waals surface area (Å²) in [5, 5.41) is 2.91. The Morgan fingerprint density at radius 3 is 2.60 bits per heavy atom. The van der Waals surface area contributed by atoms with Crippen LogP contribution in [0.15, 0.2) is 22.8 Å². The summed E-state index contributed by atoms with van der Waals surface area (Å²) in [4.78, 5) is 14.0. The van der Waals surface area contributed by atoms with E-state index in [1.807, 2.05) is 39.8 Å². The molecule has 2 unspecified atom stereocenters. The predicted octanol–water partition coefficient (Wildman–Crippen LogP) is 1.90. The molecule has 20 heavy (non-hydrogen) atoms. The molecule has 0 saturated carbocycles. The highest BCUT2D eigenvalue weighted by atomic mass is 16.3. The summed E-state index contributed by atoms with van der Waals surface area (Å²) in [6.45, 7) is 9.05. The highest BCUT2D eigenvalue weighted by Crippen LogP contribution is 2.25. The lowest BCUT2D eigenvalue weighted by Crippen LogP contribution is -2.46. The van der Waals surface area contributed by atoms with E-state index in [4.69, 9.17) is 10.2 Å². The lowest BCUT2D eigenvalue weighted by molar-refractivity contribution is -0.123. The predicted molar refractivity (Wildman–Crippen MR) is 80.2 cm³/mol. The molecule has 1 heterocycles. The van der Waals surface area contributed by atoms with Crippen LogP contribution in [0, 0.1) is 0 Å². The van der Waals surface area contributed by atoms with Gasteiger partial charge in [-0.2, -0.15) is 0 Å². The van der Waals surface area contributed by atoms with Crippen molar-refractivity contribution in [2.75, 3.05) is 13.1 Å². The van der Waals surface area contributed by atoms with E-state index in [0.29, 0.717) is 6.54 Å². The average molecular weight is 281 g/mol. The van der Waals surface area contributed by atoms with Crippen LogP contribution in [0.1, 0.15) is 45.9 Å². The van der Waals surface area contributed by atoms with Crippen LogP contribution in [-0.2, 0) is 4.79 Å². The first-order chi connectivity index (χ1) is 9.49. The first-order valence-electron chi connectivity index (χ1n) is 7.31. The number of nitrogens with zero attached hydrogens (tertiary/aromatic N) is 1. The Kier molecular flexibility index (Phi) is 6.75. The van der Waals surface area contributed by atoms with Crippen LogP contribution in [0.5, 0.6) is 0 Å². The summed E-state index contributed by atoms with van der Waals surface area (Å²) < 4.78 is 5.51. The molecule has 2 atom stereocenters. The molecule has 0 aliphatic rings. The van der Waals surface area contributed by atoms with Crippen LogP contribution in [0.3, 0.4) is 0 Å². The molecule has 1 rings (SSSR count). The molecular weight excluding hydrogens is 254 g/mol. The Labute approximate surface area is 121 Å². The van der Waals surface area contributed by atoms with Crippen molar-refractivity contribution < 1.29 is 9.21 Å². The third-order valence-corrected chi connectivity index (χ3v) is 3.31. The zero-order valence-electron chi connectivity index (χ0n) is 12.9. The van der Waals surface area contributed by atoms with Crippen LogP contribution in [0.2, 0.25) is 0 Å². The van der Waals surface area contributed by atoms with E-state index in [0.717, 1.165) is 18.7 Å². The number of hydrogen-bond acceptors (Lipinski definition) is 4. The number of hydrogen-bond donors (Lipinski definition) is 2. The Hall–Kier alpha value is -1.33. The van der Waals surface area contributed by atoms with E-state index in [9.17, 15) is 4.79 Å². The number of nitrogens with one attached hydrogen (secondary N) is 1. The van der Waals surface area contributed by atoms with Crippen LogP contribution in [0.25, 0.3) is 0 Å². The second-order valence-electron chi connectivity index (χ2n) is 5.32.